The Balaban J connectivity index is 1.31. The van der Waals surface area contributed by atoms with Gasteiger partial charge in [0.1, 0.15) is 5.75 Å². The van der Waals surface area contributed by atoms with Gasteiger partial charge in [-0.05, 0) is 55.8 Å². The van der Waals surface area contributed by atoms with Crippen molar-refractivity contribution in [1.82, 2.24) is 10.5 Å². The average Bonchev–Trinajstić information content (AvgIpc) is 3.23. The average molecular weight is 450 g/mol. The summed E-state index contributed by atoms with van der Waals surface area (Å²) in [7, 11) is 2.72. The molecule has 0 aliphatic carbocycles. The minimum absolute atomic E-state index is 0.205. The number of fused-ring (bicyclic) bond motifs is 1. The molecule has 32 heavy (non-hydrogen) atoms. The molecule has 1 aromatic heterocycles. The number of carbonyl (C=O) groups is 1. The highest BCUT2D eigenvalue weighted by atomic mass is 31.0. The van der Waals surface area contributed by atoms with E-state index in [1.165, 1.54) is 5.56 Å². The number of aryl methyl sites for hydroxylation is 3. The number of aromatic nitrogens is 1. The van der Waals surface area contributed by atoms with Gasteiger partial charge in [0.25, 0.3) is 5.91 Å². The third-order valence-corrected chi connectivity index (χ3v) is 6.25. The van der Waals surface area contributed by atoms with Gasteiger partial charge in [-0.15, -0.1) is 9.24 Å². The van der Waals surface area contributed by atoms with Crippen LogP contribution in [0.5, 0.6) is 5.75 Å². The van der Waals surface area contributed by atoms with Crippen molar-refractivity contribution >= 4 is 20.5 Å². The van der Waals surface area contributed by atoms with E-state index in [-0.39, 0.29) is 12.3 Å². The number of hydrogen-bond donors (Lipinski definition) is 2. The van der Waals surface area contributed by atoms with E-state index < -0.39 is 12.2 Å². The lowest BCUT2D eigenvalue weighted by Crippen LogP contribution is -2.41. The second-order valence-electron chi connectivity index (χ2n) is 8.25. The number of allylic oxidation sites excluding steroid dienone is 1. The van der Waals surface area contributed by atoms with E-state index in [1.807, 2.05) is 43.3 Å². The standard InChI is InChI=1S/C25H27N2O4P/c1-14-4-9-21-19(10-14)20(28)13-23(30-21)25(29)26-16(3)6-8-18-12-22(31-27-18)17-7-5-15(2)24(32)11-17/h4-5,7,9-12,20,23,28H,3,6,8,13,32H2,1-2H3,(H,26,29)/t20-,23-/m1/s1. The third kappa shape index (κ3) is 4.93. The SMILES string of the molecule is C=C(CCc1cc(-c2ccc(C)c(P)c2)on1)NC(=O)[C@H]1C[C@@H](O)c2cc(C)ccc2O1. The number of hydrogen-bond acceptors (Lipinski definition) is 5. The molecule has 0 bridgehead atoms. The maximum atomic E-state index is 12.6. The third-order valence-electron chi connectivity index (χ3n) is 5.63. The molecule has 2 heterocycles. The summed E-state index contributed by atoms with van der Waals surface area (Å²) in [6.07, 6.45) is -0.196. The number of nitrogens with one attached hydrogen (secondary N) is 1. The Morgan fingerprint density at radius 1 is 1.25 bits per heavy atom. The molecular formula is C25H27N2O4P. The Labute approximate surface area is 189 Å². The Morgan fingerprint density at radius 2 is 2.06 bits per heavy atom. The summed E-state index contributed by atoms with van der Waals surface area (Å²) >= 11 is 0. The van der Waals surface area contributed by atoms with Crippen molar-refractivity contribution in [2.75, 3.05) is 0 Å². The second kappa shape index (κ2) is 9.27. The lowest BCUT2D eigenvalue weighted by molar-refractivity contribution is -0.129. The summed E-state index contributed by atoms with van der Waals surface area (Å²) in [6, 6.07) is 13.6. The highest BCUT2D eigenvalue weighted by Gasteiger charge is 2.32. The molecule has 166 valence electrons. The van der Waals surface area contributed by atoms with Crippen LogP contribution in [-0.4, -0.2) is 22.3 Å². The minimum atomic E-state index is -0.766. The number of carbonyl (C=O) groups excluding carboxylic acids is 1. The van der Waals surface area contributed by atoms with E-state index in [2.05, 4.69) is 33.2 Å². The van der Waals surface area contributed by atoms with E-state index >= 15 is 0 Å². The molecule has 0 fully saturated rings. The van der Waals surface area contributed by atoms with Crippen LogP contribution >= 0.6 is 9.24 Å². The fourth-order valence-corrected chi connectivity index (χ4v) is 3.96. The summed E-state index contributed by atoms with van der Waals surface area (Å²) in [5.41, 5.74) is 5.27. The number of aliphatic hydroxyl groups is 1. The molecule has 0 saturated carbocycles. The van der Waals surface area contributed by atoms with Gasteiger partial charge in [-0.25, -0.2) is 0 Å². The van der Waals surface area contributed by atoms with Crippen molar-refractivity contribution in [1.29, 1.82) is 0 Å². The molecule has 2 aromatic carbocycles. The molecule has 6 nitrogen and oxygen atoms in total. The Bertz CT molecular complexity index is 1170. The van der Waals surface area contributed by atoms with Crippen molar-refractivity contribution in [2.45, 2.75) is 45.3 Å². The summed E-state index contributed by atoms with van der Waals surface area (Å²) in [5.74, 6) is 0.936. The van der Waals surface area contributed by atoms with Gasteiger partial charge in [0.2, 0.25) is 0 Å². The molecule has 1 aliphatic heterocycles. The molecule has 3 atom stereocenters. The van der Waals surface area contributed by atoms with E-state index in [9.17, 15) is 9.90 Å². The lowest BCUT2D eigenvalue weighted by Gasteiger charge is -2.29. The first-order valence-corrected chi connectivity index (χ1v) is 11.1. The smallest absolute Gasteiger partial charge is 0.265 e. The zero-order valence-corrected chi connectivity index (χ0v) is 19.4. The van der Waals surface area contributed by atoms with Crippen LogP contribution < -0.4 is 15.4 Å². The van der Waals surface area contributed by atoms with E-state index in [4.69, 9.17) is 9.26 Å². The molecule has 4 rings (SSSR count). The topological polar surface area (TPSA) is 84.6 Å². The van der Waals surface area contributed by atoms with E-state index in [0.717, 1.165) is 27.7 Å². The maximum Gasteiger partial charge on any atom is 0.265 e. The highest BCUT2D eigenvalue weighted by molar-refractivity contribution is 7.27. The van der Waals surface area contributed by atoms with Crippen molar-refractivity contribution in [3.8, 4) is 17.1 Å². The fraction of sp³-hybridized carbons (Fsp3) is 0.280. The number of aliphatic hydroxyl groups excluding tert-OH is 1. The van der Waals surface area contributed by atoms with Crippen LogP contribution in [0.1, 0.15) is 41.3 Å². The van der Waals surface area contributed by atoms with Crippen LogP contribution in [-0.2, 0) is 11.2 Å². The van der Waals surface area contributed by atoms with Gasteiger partial charge in [0, 0.05) is 29.3 Å². The predicted octanol–water partition coefficient (Wildman–Crippen LogP) is 3.91. The van der Waals surface area contributed by atoms with Crippen molar-refractivity contribution in [3.63, 3.8) is 0 Å². The van der Waals surface area contributed by atoms with Crippen molar-refractivity contribution in [3.05, 3.63) is 77.1 Å². The normalized spacial score (nSPS) is 17.4. The molecule has 3 aromatic rings. The van der Waals surface area contributed by atoms with Gasteiger partial charge in [-0.3, -0.25) is 4.79 Å². The largest absolute Gasteiger partial charge is 0.480 e. The molecule has 0 radical (unpaired) electrons. The van der Waals surface area contributed by atoms with Crippen molar-refractivity contribution < 1.29 is 19.2 Å². The Morgan fingerprint density at radius 3 is 2.84 bits per heavy atom. The van der Waals surface area contributed by atoms with Gasteiger partial charge in [0.05, 0.1) is 11.8 Å². The van der Waals surface area contributed by atoms with Crippen LogP contribution in [0.4, 0.5) is 0 Å². The Hall–Kier alpha value is -2.95. The lowest BCUT2D eigenvalue weighted by atomic mass is 9.97. The molecule has 2 N–H and O–H groups in total. The first kappa shape index (κ1) is 22.3. The Kier molecular flexibility index (Phi) is 6.45. The second-order valence-corrected chi connectivity index (χ2v) is 8.87. The highest BCUT2D eigenvalue weighted by Crippen LogP contribution is 2.35. The first-order chi connectivity index (χ1) is 15.3. The van der Waals surface area contributed by atoms with E-state index in [1.54, 1.807) is 6.07 Å². The molecule has 0 spiro atoms. The van der Waals surface area contributed by atoms with Gasteiger partial charge >= 0.3 is 0 Å². The molecule has 7 heteroatoms. The molecule has 1 amide bonds. The quantitative estimate of drug-likeness (QED) is 0.557. The van der Waals surface area contributed by atoms with Crippen LogP contribution in [0.2, 0.25) is 0 Å². The number of rotatable bonds is 6. The summed E-state index contributed by atoms with van der Waals surface area (Å²) in [6.45, 7) is 7.96. The monoisotopic (exact) mass is 450 g/mol. The van der Waals surface area contributed by atoms with Crippen LogP contribution in [0.25, 0.3) is 11.3 Å². The number of nitrogens with zero attached hydrogens (tertiary/aromatic N) is 1. The zero-order valence-electron chi connectivity index (χ0n) is 18.2. The van der Waals surface area contributed by atoms with Crippen LogP contribution in [0.3, 0.4) is 0 Å². The summed E-state index contributed by atoms with van der Waals surface area (Å²) < 4.78 is 11.3. The molecule has 1 aliphatic rings. The predicted molar refractivity (Wildman–Crippen MR) is 127 cm³/mol. The van der Waals surface area contributed by atoms with Gasteiger partial charge in [-0.1, -0.05) is 35.5 Å². The summed E-state index contributed by atoms with van der Waals surface area (Å²) in [4.78, 5) is 12.6. The molecule has 1 unspecified atom stereocenters. The molecular weight excluding hydrogens is 423 g/mol. The molecule has 0 saturated heterocycles. The van der Waals surface area contributed by atoms with Gasteiger partial charge in [0.15, 0.2) is 11.9 Å². The fourth-order valence-electron chi connectivity index (χ4n) is 3.68. The van der Waals surface area contributed by atoms with Gasteiger partial charge < -0.3 is 19.7 Å². The number of amides is 1. The van der Waals surface area contributed by atoms with Crippen LogP contribution in [0.15, 0.2) is 59.3 Å². The van der Waals surface area contributed by atoms with Crippen LogP contribution in [0, 0.1) is 13.8 Å². The first-order valence-electron chi connectivity index (χ1n) is 10.6. The van der Waals surface area contributed by atoms with Gasteiger partial charge in [-0.2, -0.15) is 0 Å². The summed E-state index contributed by atoms with van der Waals surface area (Å²) in [5, 5.41) is 18.5. The number of ether oxygens (including phenoxy) is 1. The minimum Gasteiger partial charge on any atom is -0.480 e. The number of benzene rings is 2. The van der Waals surface area contributed by atoms with E-state index in [0.29, 0.717) is 30.0 Å². The zero-order chi connectivity index (χ0) is 22.8. The maximum absolute atomic E-state index is 12.6. The van der Waals surface area contributed by atoms with Crippen molar-refractivity contribution in [2.24, 2.45) is 0 Å².